The molecule has 0 aromatic heterocycles. The van der Waals surface area contributed by atoms with Crippen molar-refractivity contribution in [2.45, 2.75) is 13.2 Å². The van der Waals surface area contributed by atoms with Crippen LogP contribution in [0.1, 0.15) is 11.1 Å². The highest BCUT2D eigenvalue weighted by atomic mass is 35.5. The summed E-state index contributed by atoms with van der Waals surface area (Å²) in [6, 6.07) is 13.6. The molecule has 2 aromatic carbocycles. The van der Waals surface area contributed by atoms with Crippen LogP contribution in [-0.2, 0) is 13.2 Å². The third-order valence-electron chi connectivity index (χ3n) is 2.87. The SMILES string of the molecule is COc1cc(NCc2ccccc2)c(Cl)cc1CO. The van der Waals surface area contributed by atoms with E-state index in [1.165, 1.54) is 5.56 Å². The van der Waals surface area contributed by atoms with Crippen LogP contribution >= 0.6 is 11.6 Å². The fraction of sp³-hybridized carbons (Fsp3) is 0.200. The third kappa shape index (κ3) is 3.40. The number of hydrogen-bond acceptors (Lipinski definition) is 3. The van der Waals surface area contributed by atoms with E-state index in [0.717, 1.165) is 5.69 Å². The Bertz CT molecular complexity index is 543. The maximum atomic E-state index is 9.21. The van der Waals surface area contributed by atoms with E-state index < -0.39 is 0 Å². The minimum absolute atomic E-state index is 0.0954. The van der Waals surface area contributed by atoms with Crippen molar-refractivity contribution < 1.29 is 9.84 Å². The maximum Gasteiger partial charge on any atom is 0.126 e. The van der Waals surface area contributed by atoms with E-state index in [1.54, 1.807) is 19.2 Å². The standard InChI is InChI=1S/C15H16ClNO2/c1-19-15-8-14(13(16)7-12(15)10-18)17-9-11-5-3-2-4-6-11/h2-8,17-18H,9-10H2,1H3. The molecule has 2 rings (SSSR count). The van der Waals surface area contributed by atoms with E-state index in [9.17, 15) is 5.11 Å². The van der Waals surface area contributed by atoms with Crippen molar-refractivity contribution in [3.8, 4) is 5.75 Å². The summed E-state index contributed by atoms with van der Waals surface area (Å²) >= 11 is 6.17. The van der Waals surface area contributed by atoms with E-state index in [4.69, 9.17) is 16.3 Å². The smallest absolute Gasteiger partial charge is 0.126 e. The Kier molecular flexibility index (Phi) is 4.66. The molecule has 0 fully saturated rings. The molecule has 0 radical (unpaired) electrons. The molecule has 0 amide bonds. The van der Waals surface area contributed by atoms with Gasteiger partial charge in [-0.25, -0.2) is 0 Å². The van der Waals surface area contributed by atoms with Gasteiger partial charge in [0.25, 0.3) is 0 Å². The Morgan fingerprint density at radius 1 is 1.21 bits per heavy atom. The van der Waals surface area contributed by atoms with Gasteiger partial charge in [-0.05, 0) is 11.6 Å². The van der Waals surface area contributed by atoms with Crippen molar-refractivity contribution in [2.75, 3.05) is 12.4 Å². The molecule has 0 saturated heterocycles. The summed E-state index contributed by atoms with van der Waals surface area (Å²) in [6.45, 7) is 0.587. The molecule has 0 spiro atoms. The van der Waals surface area contributed by atoms with Crippen molar-refractivity contribution in [1.29, 1.82) is 0 Å². The molecule has 4 heteroatoms. The highest BCUT2D eigenvalue weighted by molar-refractivity contribution is 6.33. The Morgan fingerprint density at radius 3 is 2.58 bits per heavy atom. The summed E-state index contributed by atoms with van der Waals surface area (Å²) in [5.41, 5.74) is 2.64. The summed E-state index contributed by atoms with van der Waals surface area (Å²) in [5.74, 6) is 0.627. The average molecular weight is 278 g/mol. The fourth-order valence-electron chi connectivity index (χ4n) is 1.84. The second-order valence-electron chi connectivity index (χ2n) is 4.14. The molecule has 2 N–H and O–H groups in total. The van der Waals surface area contributed by atoms with Crippen molar-refractivity contribution in [3.63, 3.8) is 0 Å². The van der Waals surface area contributed by atoms with Crippen LogP contribution in [0.3, 0.4) is 0 Å². The van der Waals surface area contributed by atoms with Gasteiger partial charge in [-0.2, -0.15) is 0 Å². The Balaban J connectivity index is 2.16. The lowest BCUT2D eigenvalue weighted by Gasteiger charge is -2.13. The first-order valence-corrected chi connectivity index (χ1v) is 6.37. The quantitative estimate of drug-likeness (QED) is 0.879. The second-order valence-corrected chi connectivity index (χ2v) is 4.55. The number of halogens is 1. The average Bonchev–Trinajstić information content (AvgIpc) is 2.46. The number of rotatable bonds is 5. The molecular weight excluding hydrogens is 262 g/mol. The maximum absolute atomic E-state index is 9.21. The van der Waals surface area contributed by atoms with E-state index in [0.29, 0.717) is 22.9 Å². The van der Waals surface area contributed by atoms with Gasteiger partial charge >= 0.3 is 0 Å². The van der Waals surface area contributed by atoms with Gasteiger partial charge in [-0.3, -0.25) is 0 Å². The molecule has 19 heavy (non-hydrogen) atoms. The molecule has 0 unspecified atom stereocenters. The zero-order valence-electron chi connectivity index (χ0n) is 10.7. The Morgan fingerprint density at radius 2 is 1.95 bits per heavy atom. The molecule has 0 bridgehead atoms. The summed E-state index contributed by atoms with van der Waals surface area (Å²) < 4.78 is 5.23. The van der Waals surface area contributed by atoms with Crippen molar-refractivity contribution in [2.24, 2.45) is 0 Å². The lowest BCUT2D eigenvalue weighted by Crippen LogP contribution is -2.01. The van der Waals surface area contributed by atoms with Gasteiger partial charge in [0.15, 0.2) is 0 Å². The second kappa shape index (κ2) is 6.45. The first kappa shape index (κ1) is 13.7. The summed E-state index contributed by atoms with van der Waals surface area (Å²) in [7, 11) is 1.57. The number of nitrogens with one attached hydrogen (secondary N) is 1. The number of anilines is 1. The van der Waals surface area contributed by atoms with Gasteiger partial charge in [0.1, 0.15) is 5.75 Å². The molecule has 0 aliphatic rings. The lowest BCUT2D eigenvalue weighted by molar-refractivity contribution is 0.274. The number of aliphatic hydroxyl groups is 1. The minimum atomic E-state index is -0.0954. The Labute approximate surface area is 117 Å². The number of hydrogen-bond donors (Lipinski definition) is 2. The van der Waals surface area contributed by atoms with Crippen LogP contribution in [0.4, 0.5) is 5.69 Å². The fourth-order valence-corrected chi connectivity index (χ4v) is 2.09. The van der Waals surface area contributed by atoms with Gasteiger partial charge < -0.3 is 15.2 Å². The number of ether oxygens (including phenoxy) is 1. The molecule has 0 saturated carbocycles. The zero-order valence-corrected chi connectivity index (χ0v) is 11.4. The first-order valence-electron chi connectivity index (χ1n) is 5.99. The van der Waals surface area contributed by atoms with Gasteiger partial charge in [0.05, 0.1) is 24.4 Å². The molecule has 0 aliphatic heterocycles. The normalized spacial score (nSPS) is 10.3. The molecule has 0 aliphatic carbocycles. The van der Waals surface area contributed by atoms with Crippen molar-refractivity contribution >= 4 is 17.3 Å². The third-order valence-corrected chi connectivity index (χ3v) is 3.18. The number of aliphatic hydroxyl groups excluding tert-OH is 1. The molecular formula is C15H16ClNO2. The van der Waals surface area contributed by atoms with Crippen LogP contribution in [0.15, 0.2) is 42.5 Å². The van der Waals surface area contributed by atoms with Crippen LogP contribution in [-0.4, -0.2) is 12.2 Å². The van der Waals surface area contributed by atoms with Gasteiger partial charge in [0.2, 0.25) is 0 Å². The summed E-state index contributed by atoms with van der Waals surface area (Å²) in [5, 5.41) is 13.0. The van der Waals surface area contributed by atoms with Crippen molar-refractivity contribution in [3.05, 3.63) is 58.6 Å². The molecule has 3 nitrogen and oxygen atoms in total. The Hall–Kier alpha value is -1.71. The summed E-state index contributed by atoms with van der Waals surface area (Å²) in [4.78, 5) is 0. The number of methoxy groups -OCH3 is 1. The van der Waals surface area contributed by atoms with E-state index in [2.05, 4.69) is 5.32 Å². The first-order chi connectivity index (χ1) is 9.24. The van der Waals surface area contributed by atoms with Crippen LogP contribution in [0.2, 0.25) is 5.02 Å². The van der Waals surface area contributed by atoms with Crippen LogP contribution in [0, 0.1) is 0 Å². The van der Waals surface area contributed by atoms with Gasteiger partial charge in [-0.1, -0.05) is 41.9 Å². The van der Waals surface area contributed by atoms with Gasteiger partial charge in [0, 0.05) is 18.2 Å². The van der Waals surface area contributed by atoms with Gasteiger partial charge in [-0.15, -0.1) is 0 Å². The highest BCUT2D eigenvalue weighted by Crippen LogP contribution is 2.31. The van der Waals surface area contributed by atoms with E-state index in [1.807, 2.05) is 30.3 Å². The summed E-state index contributed by atoms with van der Waals surface area (Å²) in [6.07, 6.45) is 0. The molecule has 0 atom stereocenters. The minimum Gasteiger partial charge on any atom is -0.496 e. The zero-order chi connectivity index (χ0) is 13.7. The van der Waals surface area contributed by atoms with Crippen LogP contribution in [0.5, 0.6) is 5.75 Å². The van der Waals surface area contributed by atoms with Crippen molar-refractivity contribution in [1.82, 2.24) is 0 Å². The largest absolute Gasteiger partial charge is 0.496 e. The topological polar surface area (TPSA) is 41.5 Å². The molecule has 0 heterocycles. The van der Waals surface area contributed by atoms with Crippen LogP contribution < -0.4 is 10.1 Å². The number of benzene rings is 2. The monoisotopic (exact) mass is 277 g/mol. The lowest BCUT2D eigenvalue weighted by atomic mass is 10.1. The van der Waals surface area contributed by atoms with E-state index in [-0.39, 0.29) is 6.61 Å². The predicted molar refractivity (Wildman–Crippen MR) is 77.7 cm³/mol. The van der Waals surface area contributed by atoms with Crippen LogP contribution in [0.25, 0.3) is 0 Å². The highest BCUT2D eigenvalue weighted by Gasteiger charge is 2.08. The van der Waals surface area contributed by atoms with E-state index >= 15 is 0 Å². The molecule has 2 aromatic rings. The predicted octanol–water partition coefficient (Wildman–Crippen LogP) is 3.45. The molecule has 100 valence electrons.